The molecule has 4 heteroatoms. The van der Waals surface area contributed by atoms with Crippen molar-refractivity contribution in [2.24, 2.45) is 0 Å². The average molecular weight is 301 g/mol. The van der Waals surface area contributed by atoms with Gasteiger partial charge >= 0.3 is 0 Å². The summed E-state index contributed by atoms with van der Waals surface area (Å²) < 4.78 is 0. The van der Waals surface area contributed by atoms with Crippen LogP contribution in [0.5, 0.6) is 0 Å². The lowest BCUT2D eigenvalue weighted by atomic mass is 10.2. The number of nitrogens with zero attached hydrogens (tertiary/aromatic N) is 2. The second kappa shape index (κ2) is 8.03. The molecule has 0 spiro atoms. The quantitative estimate of drug-likeness (QED) is 0.752. The van der Waals surface area contributed by atoms with Crippen molar-refractivity contribution in [1.29, 1.82) is 0 Å². The Morgan fingerprint density at radius 1 is 1.10 bits per heavy atom. The number of anilines is 1. The lowest BCUT2D eigenvalue weighted by Crippen LogP contribution is -2.05. The maximum absolute atomic E-state index is 4.67. The van der Waals surface area contributed by atoms with E-state index < -0.39 is 0 Å². The Morgan fingerprint density at radius 2 is 1.95 bits per heavy atom. The Morgan fingerprint density at radius 3 is 2.67 bits per heavy atom. The summed E-state index contributed by atoms with van der Waals surface area (Å²) in [6, 6.07) is 10.6. The van der Waals surface area contributed by atoms with Crippen molar-refractivity contribution >= 4 is 17.6 Å². The number of aromatic nitrogens is 2. The van der Waals surface area contributed by atoms with Crippen LogP contribution in [0.25, 0.3) is 0 Å². The third-order valence-corrected chi connectivity index (χ3v) is 3.90. The summed E-state index contributed by atoms with van der Waals surface area (Å²) in [5.74, 6) is 1.86. The van der Waals surface area contributed by atoms with E-state index >= 15 is 0 Å². The molecule has 0 aliphatic carbocycles. The Labute approximate surface area is 131 Å². The smallest absolute Gasteiger partial charge is 0.132 e. The maximum Gasteiger partial charge on any atom is 0.132 e. The van der Waals surface area contributed by atoms with Crippen LogP contribution in [0.1, 0.15) is 38.1 Å². The molecular formula is C17H23N3S. The predicted octanol–water partition coefficient (Wildman–Crippen LogP) is 4.71. The van der Waals surface area contributed by atoms with Crippen LogP contribution in [0.3, 0.4) is 0 Å². The van der Waals surface area contributed by atoms with Crippen LogP contribution in [0.2, 0.25) is 0 Å². The molecule has 0 unspecified atom stereocenters. The Balaban J connectivity index is 2.22. The molecule has 2 rings (SSSR count). The highest BCUT2D eigenvalue weighted by Crippen LogP contribution is 2.28. The van der Waals surface area contributed by atoms with Crippen LogP contribution in [0, 0.1) is 6.92 Å². The average Bonchev–Trinajstić information content (AvgIpc) is 2.45. The van der Waals surface area contributed by atoms with Gasteiger partial charge in [-0.15, -0.1) is 0 Å². The molecule has 1 aromatic heterocycles. The summed E-state index contributed by atoms with van der Waals surface area (Å²) in [4.78, 5) is 10.5. The number of hydrogen-bond acceptors (Lipinski definition) is 4. The highest BCUT2D eigenvalue weighted by molar-refractivity contribution is 7.99. The van der Waals surface area contributed by atoms with Gasteiger partial charge in [-0.05, 0) is 31.9 Å². The number of nitrogens with one attached hydrogen (secondary N) is 1. The second-order valence-electron chi connectivity index (χ2n) is 5.10. The van der Waals surface area contributed by atoms with E-state index in [9.17, 15) is 0 Å². The van der Waals surface area contributed by atoms with Crippen LogP contribution in [0.15, 0.2) is 40.3 Å². The summed E-state index contributed by atoms with van der Waals surface area (Å²) in [6.07, 6.45) is 3.07. The molecule has 0 radical (unpaired) electrons. The van der Waals surface area contributed by atoms with Gasteiger partial charge in [0.1, 0.15) is 16.7 Å². The molecule has 112 valence electrons. The molecule has 1 heterocycles. The van der Waals surface area contributed by atoms with E-state index in [2.05, 4.69) is 60.3 Å². The van der Waals surface area contributed by atoms with Crippen LogP contribution in [-0.4, -0.2) is 16.5 Å². The van der Waals surface area contributed by atoms with Crippen LogP contribution >= 0.6 is 11.8 Å². The predicted molar refractivity (Wildman–Crippen MR) is 90.1 cm³/mol. The molecule has 0 saturated carbocycles. The normalized spacial score (nSPS) is 10.6. The van der Waals surface area contributed by atoms with Crippen LogP contribution in [0.4, 0.5) is 5.82 Å². The summed E-state index contributed by atoms with van der Waals surface area (Å²) >= 11 is 1.70. The van der Waals surface area contributed by atoms with Crippen LogP contribution < -0.4 is 5.32 Å². The summed E-state index contributed by atoms with van der Waals surface area (Å²) in [6.45, 7) is 7.37. The monoisotopic (exact) mass is 301 g/mol. The summed E-state index contributed by atoms with van der Waals surface area (Å²) in [7, 11) is 0. The van der Waals surface area contributed by atoms with E-state index in [0.29, 0.717) is 0 Å². The van der Waals surface area contributed by atoms with Gasteiger partial charge in [-0.2, -0.15) is 0 Å². The van der Waals surface area contributed by atoms with E-state index in [1.54, 1.807) is 11.8 Å². The molecule has 0 fully saturated rings. The zero-order valence-electron chi connectivity index (χ0n) is 13.0. The molecule has 2 aromatic rings. The van der Waals surface area contributed by atoms with E-state index in [1.165, 1.54) is 10.5 Å². The fourth-order valence-corrected chi connectivity index (χ4v) is 2.96. The number of benzene rings is 1. The lowest BCUT2D eigenvalue weighted by Gasteiger charge is -2.09. The SMILES string of the molecule is CCCNc1cc(Sc2cccc(C)c2)nc(CCC)n1. The van der Waals surface area contributed by atoms with Gasteiger partial charge in [0.05, 0.1) is 0 Å². The van der Waals surface area contributed by atoms with Gasteiger partial charge < -0.3 is 5.32 Å². The van der Waals surface area contributed by atoms with Crippen molar-refractivity contribution < 1.29 is 0 Å². The standard InChI is InChI=1S/C17H23N3S/c1-4-7-15-19-16(18-10-5-2)12-17(20-15)21-14-9-6-8-13(3)11-14/h6,8-9,11-12H,4-5,7,10H2,1-3H3,(H,18,19,20). The van der Waals surface area contributed by atoms with E-state index in [0.717, 1.165) is 42.5 Å². The van der Waals surface area contributed by atoms with Gasteiger partial charge in [-0.25, -0.2) is 9.97 Å². The van der Waals surface area contributed by atoms with Gasteiger partial charge in [0.15, 0.2) is 0 Å². The molecule has 0 aliphatic rings. The van der Waals surface area contributed by atoms with Gasteiger partial charge in [0.2, 0.25) is 0 Å². The first-order valence-electron chi connectivity index (χ1n) is 7.57. The number of rotatable bonds is 7. The maximum atomic E-state index is 4.67. The Bertz CT molecular complexity index is 584. The largest absolute Gasteiger partial charge is 0.370 e. The van der Waals surface area contributed by atoms with Crippen LogP contribution in [-0.2, 0) is 6.42 Å². The molecule has 0 saturated heterocycles. The van der Waals surface area contributed by atoms with E-state index in [1.807, 2.05) is 6.07 Å². The minimum atomic E-state index is 0.920. The highest BCUT2D eigenvalue weighted by atomic mass is 32.2. The summed E-state index contributed by atoms with van der Waals surface area (Å²) in [5, 5.41) is 4.38. The molecule has 3 nitrogen and oxygen atoms in total. The molecule has 21 heavy (non-hydrogen) atoms. The first kappa shape index (κ1) is 15.8. The van der Waals surface area contributed by atoms with Crippen molar-refractivity contribution in [2.45, 2.75) is 50.0 Å². The third kappa shape index (κ3) is 5.05. The third-order valence-electron chi connectivity index (χ3n) is 2.99. The fourth-order valence-electron chi connectivity index (χ4n) is 2.00. The van der Waals surface area contributed by atoms with Gasteiger partial charge in [-0.1, -0.05) is 43.3 Å². The van der Waals surface area contributed by atoms with Gasteiger partial charge in [-0.3, -0.25) is 0 Å². The Kier molecular flexibility index (Phi) is 6.05. The zero-order chi connectivity index (χ0) is 15.1. The number of hydrogen-bond donors (Lipinski definition) is 1. The van der Waals surface area contributed by atoms with E-state index in [4.69, 9.17) is 0 Å². The molecule has 1 N–H and O–H groups in total. The van der Waals surface area contributed by atoms with E-state index in [-0.39, 0.29) is 0 Å². The van der Waals surface area contributed by atoms with Crippen molar-refractivity contribution in [3.05, 3.63) is 41.7 Å². The molecule has 0 amide bonds. The summed E-state index contributed by atoms with van der Waals surface area (Å²) in [5.41, 5.74) is 1.27. The number of aryl methyl sites for hydroxylation is 2. The van der Waals surface area contributed by atoms with Crippen molar-refractivity contribution in [1.82, 2.24) is 9.97 Å². The van der Waals surface area contributed by atoms with Crippen molar-refractivity contribution in [3.8, 4) is 0 Å². The minimum absolute atomic E-state index is 0.920. The molecular weight excluding hydrogens is 278 g/mol. The van der Waals surface area contributed by atoms with Crippen molar-refractivity contribution in [2.75, 3.05) is 11.9 Å². The highest BCUT2D eigenvalue weighted by Gasteiger charge is 2.06. The molecule has 0 atom stereocenters. The second-order valence-corrected chi connectivity index (χ2v) is 6.20. The first-order chi connectivity index (χ1) is 10.2. The van der Waals surface area contributed by atoms with Gasteiger partial charge in [0, 0.05) is 23.9 Å². The lowest BCUT2D eigenvalue weighted by molar-refractivity contribution is 0.807. The molecule has 0 aliphatic heterocycles. The zero-order valence-corrected chi connectivity index (χ0v) is 13.8. The molecule has 1 aromatic carbocycles. The Hall–Kier alpha value is -1.55. The first-order valence-corrected chi connectivity index (χ1v) is 8.39. The van der Waals surface area contributed by atoms with Gasteiger partial charge in [0.25, 0.3) is 0 Å². The molecule has 0 bridgehead atoms. The van der Waals surface area contributed by atoms with Crippen molar-refractivity contribution in [3.63, 3.8) is 0 Å². The fraction of sp³-hybridized carbons (Fsp3) is 0.412. The minimum Gasteiger partial charge on any atom is -0.370 e. The topological polar surface area (TPSA) is 37.8 Å².